The highest BCUT2D eigenvalue weighted by molar-refractivity contribution is 5.98. The first-order chi connectivity index (χ1) is 16.0. The quantitative estimate of drug-likeness (QED) is 0.464. The minimum absolute atomic E-state index is 0.130. The molecule has 1 N–H and O–H groups in total. The number of aromatic nitrogens is 4. The molecule has 0 aliphatic heterocycles. The normalized spacial score (nSPS) is 10.7. The Morgan fingerprint density at radius 1 is 1.06 bits per heavy atom. The molecule has 4 aromatic rings. The van der Waals surface area contributed by atoms with Gasteiger partial charge in [0.2, 0.25) is 0 Å². The Kier molecular flexibility index (Phi) is 6.30. The average Bonchev–Trinajstić information content (AvgIpc) is 3.30. The van der Waals surface area contributed by atoms with Gasteiger partial charge >= 0.3 is 0 Å². The van der Waals surface area contributed by atoms with Crippen LogP contribution in [0.3, 0.4) is 0 Å². The Morgan fingerprint density at radius 3 is 2.55 bits per heavy atom. The molecule has 0 saturated heterocycles. The monoisotopic (exact) mass is 447 g/mol. The first-order valence-corrected chi connectivity index (χ1v) is 10.1. The van der Waals surface area contributed by atoms with Crippen molar-refractivity contribution in [3.63, 3.8) is 0 Å². The number of methoxy groups -OCH3 is 2. The Hall–Kier alpha value is -4.27. The summed E-state index contributed by atoms with van der Waals surface area (Å²) >= 11 is 0. The van der Waals surface area contributed by atoms with Gasteiger partial charge in [0, 0.05) is 30.1 Å². The van der Waals surface area contributed by atoms with Crippen LogP contribution in [0.25, 0.3) is 16.9 Å². The van der Waals surface area contributed by atoms with E-state index in [-0.39, 0.29) is 18.1 Å². The molecular weight excluding hydrogens is 425 g/mol. The molecule has 2 aromatic carbocycles. The summed E-state index contributed by atoms with van der Waals surface area (Å²) in [5.41, 5.74) is 3.09. The van der Waals surface area contributed by atoms with E-state index in [9.17, 15) is 9.18 Å². The third-order valence-corrected chi connectivity index (χ3v) is 5.15. The van der Waals surface area contributed by atoms with Crippen LogP contribution in [0.15, 0.2) is 60.9 Å². The standard InChI is InChI=1S/C24H22FN5O3/c1-15-12-18(4-6-20(15)25)30-23(16-8-10-26-11-9-16)22(28-29-30)24(31)27-14-17-13-19(32-2)5-7-21(17)33-3/h4-13H,14H2,1-3H3,(H,27,31). The maximum absolute atomic E-state index is 13.8. The van der Waals surface area contributed by atoms with Gasteiger partial charge in [-0.2, -0.15) is 0 Å². The van der Waals surface area contributed by atoms with Gasteiger partial charge in [0.05, 0.1) is 19.9 Å². The summed E-state index contributed by atoms with van der Waals surface area (Å²) in [5, 5.41) is 11.2. The fraction of sp³-hybridized carbons (Fsp3) is 0.167. The van der Waals surface area contributed by atoms with Gasteiger partial charge in [0.15, 0.2) is 5.69 Å². The fourth-order valence-corrected chi connectivity index (χ4v) is 3.42. The number of carbonyl (C=O) groups is 1. The summed E-state index contributed by atoms with van der Waals surface area (Å²) in [7, 11) is 3.13. The van der Waals surface area contributed by atoms with Crippen molar-refractivity contribution in [1.29, 1.82) is 0 Å². The summed E-state index contributed by atoms with van der Waals surface area (Å²) in [6.07, 6.45) is 3.23. The molecule has 4 rings (SSSR count). The molecule has 1 amide bonds. The Morgan fingerprint density at radius 2 is 1.85 bits per heavy atom. The third kappa shape index (κ3) is 4.52. The number of amides is 1. The van der Waals surface area contributed by atoms with Gasteiger partial charge in [-0.1, -0.05) is 5.21 Å². The Balaban J connectivity index is 1.70. The summed E-state index contributed by atoms with van der Waals surface area (Å²) < 4.78 is 26.0. The van der Waals surface area contributed by atoms with Crippen LogP contribution in [0.5, 0.6) is 11.5 Å². The number of rotatable bonds is 7. The van der Waals surface area contributed by atoms with Crippen LogP contribution in [0, 0.1) is 12.7 Å². The van der Waals surface area contributed by atoms with Gasteiger partial charge in [-0.25, -0.2) is 9.07 Å². The molecular formula is C24H22FN5O3. The molecule has 0 atom stereocenters. The van der Waals surface area contributed by atoms with Crippen molar-refractivity contribution in [3.8, 4) is 28.4 Å². The van der Waals surface area contributed by atoms with Gasteiger partial charge in [0.25, 0.3) is 5.91 Å². The minimum Gasteiger partial charge on any atom is -0.497 e. The maximum atomic E-state index is 13.8. The first kappa shape index (κ1) is 21.9. The number of nitrogens with one attached hydrogen (secondary N) is 1. The van der Waals surface area contributed by atoms with E-state index in [4.69, 9.17) is 9.47 Å². The van der Waals surface area contributed by atoms with Crippen LogP contribution in [0.2, 0.25) is 0 Å². The Labute approximate surface area is 190 Å². The number of halogens is 1. The molecule has 0 saturated carbocycles. The van der Waals surface area contributed by atoms with Crippen molar-refractivity contribution in [2.24, 2.45) is 0 Å². The maximum Gasteiger partial charge on any atom is 0.274 e. The number of benzene rings is 2. The van der Waals surface area contributed by atoms with Crippen molar-refractivity contribution in [1.82, 2.24) is 25.3 Å². The van der Waals surface area contributed by atoms with E-state index >= 15 is 0 Å². The zero-order valence-corrected chi connectivity index (χ0v) is 18.4. The van der Waals surface area contributed by atoms with Crippen LogP contribution in [-0.4, -0.2) is 40.1 Å². The van der Waals surface area contributed by atoms with Crippen LogP contribution in [-0.2, 0) is 6.54 Å². The number of hydrogen-bond acceptors (Lipinski definition) is 6. The van der Waals surface area contributed by atoms with E-state index in [2.05, 4.69) is 20.6 Å². The lowest BCUT2D eigenvalue weighted by atomic mass is 10.1. The largest absolute Gasteiger partial charge is 0.497 e. The van der Waals surface area contributed by atoms with Gasteiger partial charge in [-0.15, -0.1) is 5.10 Å². The number of pyridine rings is 1. The lowest BCUT2D eigenvalue weighted by Gasteiger charge is -2.12. The molecule has 33 heavy (non-hydrogen) atoms. The molecule has 0 fully saturated rings. The molecule has 0 spiro atoms. The molecule has 0 aliphatic carbocycles. The summed E-state index contributed by atoms with van der Waals surface area (Å²) in [6, 6.07) is 13.5. The zero-order valence-electron chi connectivity index (χ0n) is 18.4. The molecule has 0 bridgehead atoms. The molecule has 0 unspecified atom stereocenters. The lowest BCUT2D eigenvalue weighted by molar-refractivity contribution is 0.0946. The SMILES string of the molecule is COc1ccc(OC)c(CNC(=O)c2nnn(-c3ccc(F)c(C)c3)c2-c2ccncc2)c1. The van der Waals surface area contributed by atoms with E-state index < -0.39 is 5.91 Å². The number of hydrogen-bond donors (Lipinski definition) is 1. The second kappa shape index (κ2) is 9.47. The van der Waals surface area contributed by atoms with Crippen LogP contribution in [0.1, 0.15) is 21.6 Å². The van der Waals surface area contributed by atoms with Crippen molar-refractivity contribution >= 4 is 5.91 Å². The van der Waals surface area contributed by atoms with E-state index in [1.807, 2.05) is 0 Å². The number of ether oxygens (including phenoxy) is 2. The highest BCUT2D eigenvalue weighted by Gasteiger charge is 2.23. The topological polar surface area (TPSA) is 91.2 Å². The molecule has 168 valence electrons. The van der Waals surface area contributed by atoms with Gasteiger partial charge in [-0.05, 0) is 61.0 Å². The third-order valence-electron chi connectivity index (χ3n) is 5.15. The minimum atomic E-state index is -0.420. The zero-order chi connectivity index (χ0) is 23.4. The number of aryl methyl sites for hydroxylation is 1. The predicted octanol–water partition coefficient (Wildman–Crippen LogP) is 3.72. The number of carbonyl (C=O) groups excluding carboxylic acids is 1. The number of nitrogens with zero attached hydrogens (tertiary/aromatic N) is 4. The average molecular weight is 447 g/mol. The lowest BCUT2D eigenvalue weighted by Crippen LogP contribution is -2.24. The molecule has 8 nitrogen and oxygen atoms in total. The van der Waals surface area contributed by atoms with Crippen molar-refractivity contribution in [2.45, 2.75) is 13.5 Å². The smallest absolute Gasteiger partial charge is 0.274 e. The highest BCUT2D eigenvalue weighted by Crippen LogP contribution is 2.27. The van der Waals surface area contributed by atoms with Crippen LogP contribution >= 0.6 is 0 Å². The van der Waals surface area contributed by atoms with Crippen LogP contribution < -0.4 is 14.8 Å². The fourth-order valence-electron chi connectivity index (χ4n) is 3.42. The summed E-state index contributed by atoms with van der Waals surface area (Å²) in [5.74, 6) is 0.525. The van der Waals surface area contributed by atoms with Crippen LogP contribution in [0.4, 0.5) is 4.39 Å². The first-order valence-electron chi connectivity index (χ1n) is 10.1. The molecule has 0 radical (unpaired) electrons. The van der Waals surface area contributed by atoms with Gasteiger partial charge in [-0.3, -0.25) is 9.78 Å². The highest BCUT2D eigenvalue weighted by atomic mass is 19.1. The predicted molar refractivity (Wildman–Crippen MR) is 120 cm³/mol. The van der Waals surface area contributed by atoms with Crippen molar-refractivity contribution in [3.05, 3.63) is 83.6 Å². The molecule has 0 aliphatic rings. The van der Waals surface area contributed by atoms with E-state index in [0.29, 0.717) is 34.0 Å². The van der Waals surface area contributed by atoms with Crippen molar-refractivity contribution < 1.29 is 18.7 Å². The molecule has 2 heterocycles. The van der Waals surface area contributed by atoms with Gasteiger partial charge in [0.1, 0.15) is 23.0 Å². The van der Waals surface area contributed by atoms with Gasteiger partial charge < -0.3 is 14.8 Å². The van der Waals surface area contributed by atoms with E-state index in [0.717, 1.165) is 5.56 Å². The molecule has 9 heteroatoms. The second-order valence-corrected chi connectivity index (χ2v) is 7.23. The Bertz CT molecular complexity index is 1290. The van der Waals surface area contributed by atoms with E-state index in [1.165, 1.54) is 10.7 Å². The van der Waals surface area contributed by atoms with Crippen molar-refractivity contribution in [2.75, 3.05) is 14.2 Å². The summed E-state index contributed by atoms with van der Waals surface area (Å²) in [4.78, 5) is 17.2. The van der Waals surface area contributed by atoms with E-state index in [1.54, 1.807) is 76.0 Å². The molecule has 2 aromatic heterocycles. The second-order valence-electron chi connectivity index (χ2n) is 7.23. The summed E-state index contributed by atoms with van der Waals surface area (Å²) in [6.45, 7) is 1.86.